The zero-order valence-electron chi connectivity index (χ0n) is 27.6. The van der Waals surface area contributed by atoms with Crippen molar-refractivity contribution < 1.29 is 9.59 Å². The molecule has 52 heavy (non-hydrogen) atoms. The van der Waals surface area contributed by atoms with Crippen LogP contribution in [0.4, 0.5) is 5.69 Å². The first-order valence-corrected chi connectivity index (χ1v) is 16.8. The normalized spacial score (nSPS) is 12.2. The molecule has 0 N–H and O–H groups in total. The second-order valence-corrected chi connectivity index (χ2v) is 12.7. The summed E-state index contributed by atoms with van der Waals surface area (Å²) >= 11 is 0. The average molecular weight is 667 g/mol. The fourth-order valence-corrected chi connectivity index (χ4v) is 7.54. The minimum absolute atomic E-state index is 0.301. The first-order chi connectivity index (χ1) is 25.6. The highest BCUT2D eigenvalue weighted by Crippen LogP contribution is 2.45. The van der Waals surface area contributed by atoms with Crippen molar-refractivity contribution in [3.05, 3.63) is 180 Å². The number of nitrogens with zero attached hydrogens (tertiary/aromatic N) is 4. The zero-order chi connectivity index (χ0) is 35.3. The number of para-hydroxylation sites is 3. The number of nitriles is 2. The van der Waals surface area contributed by atoms with E-state index in [9.17, 15) is 20.1 Å². The number of hydrogen-bond acceptors (Lipinski definition) is 4. The monoisotopic (exact) mass is 666 g/mol. The molecule has 7 aromatic carbocycles. The third-order valence-electron chi connectivity index (χ3n) is 9.78. The lowest BCUT2D eigenvalue weighted by Crippen LogP contribution is -2.30. The topological polar surface area (TPSA) is 89.9 Å². The number of carbonyl (C=O) groups is 2. The maximum atomic E-state index is 14.9. The molecule has 6 nitrogen and oxygen atoms in total. The molecule has 0 saturated carbocycles. The Balaban J connectivity index is 1.37. The van der Waals surface area contributed by atoms with Gasteiger partial charge < -0.3 is 4.57 Å². The highest BCUT2D eigenvalue weighted by atomic mass is 16.2. The van der Waals surface area contributed by atoms with Crippen molar-refractivity contribution in [3.8, 4) is 51.2 Å². The van der Waals surface area contributed by atoms with Crippen molar-refractivity contribution in [1.29, 1.82) is 10.5 Å². The van der Waals surface area contributed by atoms with Crippen LogP contribution in [0.5, 0.6) is 0 Å². The number of amides is 2. The summed E-state index contributed by atoms with van der Waals surface area (Å²) < 4.78 is 2.09. The first-order valence-electron chi connectivity index (χ1n) is 16.8. The molecule has 0 atom stereocenters. The van der Waals surface area contributed by atoms with E-state index in [4.69, 9.17) is 0 Å². The number of aromatic nitrogens is 1. The Morgan fingerprint density at radius 1 is 0.423 bits per heavy atom. The number of rotatable bonds is 5. The van der Waals surface area contributed by atoms with Crippen LogP contribution < -0.4 is 4.90 Å². The zero-order valence-corrected chi connectivity index (χ0v) is 27.6. The number of imide groups is 1. The predicted molar refractivity (Wildman–Crippen MR) is 204 cm³/mol. The van der Waals surface area contributed by atoms with Crippen molar-refractivity contribution in [3.63, 3.8) is 0 Å². The molecule has 0 bridgehead atoms. The molecular formula is C46H26N4O2. The molecule has 2 heterocycles. The standard InChI is InChI=1S/C46H26N4O2/c47-27-29-11-6-15-32(25-29)35-18-8-20-37-38-21-9-19-36(33-16-7-12-30(26-33)28-48)44(38)49(43(35)37)41-24-10-22-39-42(41)46(52)50(45(39)51)40-23-5-4-17-34(40)31-13-2-1-3-14-31/h1-26H. The second-order valence-electron chi connectivity index (χ2n) is 12.7. The van der Waals surface area contributed by atoms with E-state index in [0.29, 0.717) is 33.6 Å². The van der Waals surface area contributed by atoms with Crippen molar-refractivity contribution in [2.45, 2.75) is 0 Å². The first kappa shape index (κ1) is 30.5. The van der Waals surface area contributed by atoms with Crippen LogP contribution in [-0.2, 0) is 0 Å². The van der Waals surface area contributed by atoms with Crippen molar-refractivity contribution >= 4 is 39.3 Å². The van der Waals surface area contributed by atoms with Crippen LogP contribution in [-0.4, -0.2) is 16.4 Å². The van der Waals surface area contributed by atoms with Gasteiger partial charge in [-0.05, 0) is 59.2 Å². The highest BCUT2D eigenvalue weighted by molar-refractivity contribution is 6.36. The van der Waals surface area contributed by atoms with E-state index >= 15 is 0 Å². The van der Waals surface area contributed by atoms with Crippen molar-refractivity contribution in [2.75, 3.05) is 4.90 Å². The van der Waals surface area contributed by atoms with Crippen LogP contribution in [0.1, 0.15) is 31.8 Å². The summed E-state index contributed by atoms with van der Waals surface area (Å²) in [4.78, 5) is 30.6. The summed E-state index contributed by atoms with van der Waals surface area (Å²) in [6, 6.07) is 54.2. The van der Waals surface area contributed by atoms with Gasteiger partial charge in [0.15, 0.2) is 0 Å². The average Bonchev–Trinajstić information content (AvgIpc) is 3.68. The van der Waals surface area contributed by atoms with E-state index in [1.54, 1.807) is 18.2 Å². The number of hydrogen-bond donors (Lipinski definition) is 0. The Morgan fingerprint density at radius 2 is 0.904 bits per heavy atom. The van der Waals surface area contributed by atoms with Gasteiger partial charge in [0.1, 0.15) is 0 Å². The fourth-order valence-electron chi connectivity index (χ4n) is 7.54. The number of fused-ring (bicyclic) bond motifs is 4. The van der Waals surface area contributed by atoms with Crippen LogP contribution in [0.2, 0.25) is 0 Å². The van der Waals surface area contributed by atoms with E-state index in [0.717, 1.165) is 55.2 Å². The SMILES string of the molecule is N#Cc1cccc(-c2cccc3c4cccc(-c5cccc(C#N)c5)c4n(-c4cccc5c4C(=O)N(c4ccccc4-c4ccccc4)C5=O)c23)c1. The van der Waals surface area contributed by atoms with Crippen molar-refractivity contribution in [2.24, 2.45) is 0 Å². The molecule has 242 valence electrons. The maximum Gasteiger partial charge on any atom is 0.268 e. The minimum Gasteiger partial charge on any atom is -0.307 e. The highest BCUT2D eigenvalue weighted by Gasteiger charge is 2.40. The van der Waals surface area contributed by atoms with Crippen LogP contribution in [0, 0.1) is 22.7 Å². The van der Waals surface area contributed by atoms with Gasteiger partial charge in [0.25, 0.3) is 11.8 Å². The van der Waals surface area contributed by atoms with Gasteiger partial charge in [-0.2, -0.15) is 10.5 Å². The van der Waals surface area contributed by atoms with Gasteiger partial charge in [-0.25, -0.2) is 4.90 Å². The molecule has 1 aliphatic heterocycles. The van der Waals surface area contributed by atoms with Gasteiger partial charge in [-0.3, -0.25) is 9.59 Å². The van der Waals surface area contributed by atoms with Gasteiger partial charge in [-0.1, -0.05) is 115 Å². The Hall–Kier alpha value is -7.54. The summed E-state index contributed by atoms with van der Waals surface area (Å²) in [5.74, 6) is -0.809. The van der Waals surface area contributed by atoms with Crippen LogP contribution >= 0.6 is 0 Å². The van der Waals surface area contributed by atoms with Crippen LogP contribution in [0.25, 0.3) is 60.9 Å². The van der Waals surface area contributed by atoms with Gasteiger partial charge in [0.2, 0.25) is 0 Å². The lowest BCUT2D eigenvalue weighted by molar-refractivity contribution is 0.0926. The van der Waals surface area contributed by atoms with E-state index in [1.165, 1.54) is 4.90 Å². The van der Waals surface area contributed by atoms with Gasteiger partial charge >= 0.3 is 0 Å². The Bertz CT molecular complexity index is 2760. The Kier molecular flexibility index (Phi) is 7.10. The number of anilines is 1. The molecule has 0 radical (unpaired) electrons. The summed E-state index contributed by atoms with van der Waals surface area (Å²) in [5.41, 5.74) is 9.47. The summed E-state index contributed by atoms with van der Waals surface area (Å²) in [7, 11) is 0. The Morgan fingerprint density at radius 3 is 1.52 bits per heavy atom. The van der Waals surface area contributed by atoms with Crippen molar-refractivity contribution in [1.82, 2.24) is 4.57 Å². The second kappa shape index (κ2) is 12.1. The molecule has 1 aliphatic rings. The van der Waals surface area contributed by atoms with E-state index < -0.39 is 11.8 Å². The molecule has 1 aromatic heterocycles. The molecular weight excluding hydrogens is 641 g/mol. The lowest BCUT2D eigenvalue weighted by Gasteiger charge is -2.19. The molecule has 0 fully saturated rings. The van der Waals surface area contributed by atoms with Crippen LogP contribution in [0.15, 0.2) is 158 Å². The summed E-state index contributed by atoms with van der Waals surface area (Å²) in [5, 5.41) is 21.5. The van der Waals surface area contributed by atoms with E-state index in [1.807, 2.05) is 127 Å². The predicted octanol–water partition coefficient (Wildman–Crippen LogP) is 10.3. The maximum absolute atomic E-state index is 14.9. The molecule has 8 aromatic rings. The third kappa shape index (κ3) is 4.64. The molecule has 0 spiro atoms. The number of carbonyl (C=O) groups excluding carboxylic acids is 2. The molecule has 0 unspecified atom stereocenters. The minimum atomic E-state index is -0.415. The number of benzene rings is 7. The van der Waals surface area contributed by atoms with Gasteiger partial charge in [0.05, 0.1) is 56.8 Å². The summed E-state index contributed by atoms with van der Waals surface area (Å²) in [6.07, 6.45) is 0. The molecule has 0 saturated heterocycles. The fraction of sp³-hybridized carbons (Fsp3) is 0. The van der Waals surface area contributed by atoms with Gasteiger partial charge in [0, 0.05) is 27.5 Å². The molecule has 6 heteroatoms. The molecule has 9 rings (SSSR count). The van der Waals surface area contributed by atoms with Crippen LogP contribution in [0.3, 0.4) is 0 Å². The van der Waals surface area contributed by atoms with E-state index in [-0.39, 0.29) is 0 Å². The molecule has 0 aliphatic carbocycles. The largest absolute Gasteiger partial charge is 0.307 e. The van der Waals surface area contributed by atoms with E-state index in [2.05, 4.69) is 28.8 Å². The smallest absolute Gasteiger partial charge is 0.268 e. The lowest BCUT2D eigenvalue weighted by atomic mass is 9.99. The third-order valence-corrected chi connectivity index (χ3v) is 9.78. The Labute approximate surface area is 299 Å². The quantitative estimate of drug-likeness (QED) is 0.171. The molecule has 2 amide bonds. The summed E-state index contributed by atoms with van der Waals surface area (Å²) in [6.45, 7) is 0. The van der Waals surface area contributed by atoms with Gasteiger partial charge in [-0.15, -0.1) is 0 Å².